The van der Waals surface area contributed by atoms with E-state index in [1.807, 2.05) is 20.9 Å². The maximum atomic E-state index is 12.0. The molecule has 7 nitrogen and oxygen atoms in total. The van der Waals surface area contributed by atoms with Crippen molar-refractivity contribution in [1.29, 1.82) is 0 Å². The highest BCUT2D eigenvalue weighted by Gasteiger charge is 2.21. The van der Waals surface area contributed by atoms with Gasteiger partial charge < -0.3 is 4.90 Å². The van der Waals surface area contributed by atoms with Crippen LogP contribution >= 0.6 is 22.7 Å². The average Bonchev–Trinajstić information content (AvgIpc) is 3.01. The molecule has 0 spiro atoms. The van der Waals surface area contributed by atoms with Gasteiger partial charge in [0.25, 0.3) is 0 Å². The number of carbonyl (C=O) groups excluding carboxylic acids is 2. The number of anilines is 2. The summed E-state index contributed by atoms with van der Waals surface area (Å²) in [6.45, 7) is 5.55. The lowest BCUT2D eigenvalue weighted by atomic mass is 10.2. The Morgan fingerprint density at radius 2 is 1.74 bits per heavy atom. The summed E-state index contributed by atoms with van der Waals surface area (Å²) in [4.78, 5) is 36.9. The third kappa shape index (κ3) is 3.57. The molecule has 2 aromatic rings. The standard InChI is InChI=1S/C14H17N5O2S2/c1-7-8(2)22-13(15-7)17-11(20)12(21)18-14-16-9-4-5-19(3)6-10(9)23-14/h4-6H2,1-3H3,(H,15,17,20)(H,16,18,21). The van der Waals surface area contributed by atoms with E-state index in [2.05, 4.69) is 25.5 Å². The SMILES string of the molecule is Cc1nc(NC(=O)C(=O)Nc2nc3c(s2)CN(C)CC3)sc1C. The Morgan fingerprint density at radius 1 is 1.09 bits per heavy atom. The van der Waals surface area contributed by atoms with E-state index < -0.39 is 11.8 Å². The number of carbonyl (C=O) groups is 2. The van der Waals surface area contributed by atoms with Gasteiger partial charge in [0.15, 0.2) is 10.3 Å². The Labute approximate surface area is 141 Å². The fourth-order valence-electron chi connectivity index (χ4n) is 2.21. The highest BCUT2D eigenvalue weighted by Crippen LogP contribution is 2.27. The zero-order chi connectivity index (χ0) is 16.6. The lowest BCUT2D eigenvalue weighted by Crippen LogP contribution is -2.29. The second-order valence-electron chi connectivity index (χ2n) is 5.45. The van der Waals surface area contributed by atoms with Crippen molar-refractivity contribution < 1.29 is 9.59 Å². The van der Waals surface area contributed by atoms with Gasteiger partial charge in [-0.1, -0.05) is 0 Å². The van der Waals surface area contributed by atoms with Crippen LogP contribution in [0.5, 0.6) is 0 Å². The first-order valence-corrected chi connectivity index (χ1v) is 8.79. The number of nitrogens with one attached hydrogen (secondary N) is 2. The average molecular weight is 351 g/mol. The predicted octanol–water partition coefficient (Wildman–Crippen LogP) is 1.78. The zero-order valence-electron chi connectivity index (χ0n) is 13.1. The maximum absolute atomic E-state index is 12.0. The van der Waals surface area contributed by atoms with Crippen molar-refractivity contribution in [1.82, 2.24) is 14.9 Å². The third-order valence-electron chi connectivity index (χ3n) is 3.60. The number of thiazole rings is 2. The molecule has 3 heterocycles. The van der Waals surface area contributed by atoms with Crippen LogP contribution in [0.3, 0.4) is 0 Å². The molecule has 3 rings (SSSR count). The van der Waals surface area contributed by atoms with Crippen molar-refractivity contribution in [3.63, 3.8) is 0 Å². The molecule has 2 N–H and O–H groups in total. The number of rotatable bonds is 2. The summed E-state index contributed by atoms with van der Waals surface area (Å²) in [6, 6.07) is 0. The number of hydrogen-bond donors (Lipinski definition) is 2. The van der Waals surface area contributed by atoms with E-state index in [4.69, 9.17) is 0 Å². The van der Waals surface area contributed by atoms with Crippen molar-refractivity contribution in [3.8, 4) is 0 Å². The van der Waals surface area contributed by atoms with Gasteiger partial charge in [-0.05, 0) is 20.9 Å². The molecule has 0 unspecified atom stereocenters. The molecule has 2 aromatic heterocycles. The summed E-state index contributed by atoms with van der Waals surface area (Å²) >= 11 is 2.77. The zero-order valence-corrected chi connectivity index (χ0v) is 14.7. The van der Waals surface area contributed by atoms with Crippen LogP contribution in [-0.4, -0.2) is 40.3 Å². The molecule has 2 amide bonds. The van der Waals surface area contributed by atoms with Gasteiger partial charge in [-0.2, -0.15) is 0 Å². The monoisotopic (exact) mass is 351 g/mol. The van der Waals surface area contributed by atoms with Crippen LogP contribution in [0.2, 0.25) is 0 Å². The second-order valence-corrected chi connectivity index (χ2v) is 7.73. The van der Waals surface area contributed by atoms with Crippen molar-refractivity contribution in [2.45, 2.75) is 26.8 Å². The van der Waals surface area contributed by atoms with Gasteiger partial charge in [0.1, 0.15) is 0 Å². The number of aryl methyl sites for hydroxylation is 2. The van der Waals surface area contributed by atoms with E-state index in [9.17, 15) is 9.59 Å². The van der Waals surface area contributed by atoms with Gasteiger partial charge in [0.05, 0.1) is 11.4 Å². The highest BCUT2D eigenvalue weighted by atomic mass is 32.1. The molecule has 0 aromatic carbocycles. The van der Waals surface area contributed by atoms with Crippen LogP contribution in [0.25, 0.3) is 0 Å². The van der Waals surface area contributed by atoms with Crippen molar-refractivity contribution in [2.24, 2.45) is 0 Å². The van der Waals surface area contributed by atoms with E-state index in [0.29, 0.717) is 10.3 Å². The predicted molar refractivity (Wildman–Crippen MR) is 91.0 cm³/mol. The topological polar surface area (TPSA) is 87.2 Å². The molecule has 0 bridgehead atoms. The van der Waals surface area contributed by atoms with E-state index in [0.717, 1.165) is 40.7 Å². The molecule has 0 radical (unpaired) electrons. The number of aromatic nitrogens is 2. The summed E-state index contributed by atoms with van der Waals surface area (Å²) in [5, 5.41) is 5.99. The minimum atomic E-state index is -0.732. The smallest absolute Gasteiger partial charge is 0.301 e. The molecular formula is C14H17N5O2S2. The first-order chi connectivity index (χ1) is 10.9. The molecule has 0 fully saturated rings. The summed E-state index contributed by atoms with van der Waals surface area (Å²) in [6.07, 6.45) is 0.863. The summed E-state index contributed by atoms with van der Waals surface area (Å²) < 4.78 is 0. The Bertz CT molecular complexity index is 748. The molecule has 122 valence electrons. The molecule has 23 heavy (non-hydrogen) atoms. The highest BCUT2D eigenvalue weighted by molar-refractivity contribution is 7.16. The fourth-order valence-corrected chi connectivity index (χ4v) is 4.10. The Hall–Kier alpha value is -1.84. The van der Waals surface area contributed by atoms with Crippen LogP contribution in [0.4, 0.5) is 10.3 Å². The second kappa shape index (κ2) is 6.34. The quantitative estimate of drug-likeness (QED) is 0.806. The molecule has 0 aliphatic carbocycles. The number of amides is 2. The molecule has 9 heteroatoms. The number of fused-ring (bicyclic) bond motifs is 1. The normalized spacial score (nSPS) is 14.4. The van der Waals surface area contributed by atoms with Crippen LogP contribution in [0.1, 0.15) is 21.1 Å². The Balaban J connectivity index is 1.63. The van der Waals surface area contributed by atoms with E-state index in [-0.39, 0.29) is 0 Å². The lowest BCUT2D eigenvalue weighted by molar-refractivity contribution is -0.133. The van der Waals surface area contributed by atoms with Gasteiger partial charge >= 0.3 is 11.8 Å². The Morgan fingerprint density at radius 3 is 2.35 bits per heavy atom. The molecule has 0 saturated carbocycles. The number of hydrogen-bond acceptors (Lipinski definition) is 7. The first-order valence-electron chi connectivity index (χ1n) is 7.16. The lowest BCUT2D eigenvalue weighted by Gasteiger charge is -2.20. The number of nitrogens with zero attached hydrogens (tertiary/aromatic N) is 3. The van der Waals surface area contributed by atoms with Gasteiger partial charge in [-0.25, -0.2) is 9.97 Å². The van der Waals surface area contributed by atoms with Crippen LogP contribution in [-0.2, 0) is 22.6 Å². The Kier molecular flexibility index (Phi) is 4.42. The summed E-state index contributed by atoms with van der Waals surface area (Å²) in [5.41, 5.74) is 1.86. The molecule has 1 aliphatic heterocycles. The van der Waals surface area contributed by atoms with E-state index in [1.165, 1.54) is 22.7 Å². The van der Waals surface area contributed by atoms with Gasteiger partial charge in [0, 0.05) is 29.3 Å². The minimum Gasteiger partial charge on any atom is -0.301 e. The van der Waals surface area contributed by atoms with Crippen LogP contribution in [0.15, 0.2) is 0 Å². The largest absolute Gasteiger partial charge is 0.315 e. The minimum absolute atomic E-state index is 0.431. The van der Waals surface area contributed by atoms with Crippen molar-refractivity contribution in [2.75, 3.05) is 24.2 Å². The summed E-state index contributed by atoms with van der Waals surface area (Å²) in [7, 11) is 2.05. The third-order valence-corrected chi connectivity index (χ3v) is 5.58. The van der Waals surface area contributed by atoms with Gasteiger partial charge in [0.2, 0.25) is 0 Å². The van der Waals surface area contributed by atoms with Crippen LogP contribution < -0.4 is 10.6 Å². The van der Waals surface area contributed by atoms with Crippen molar-refractivity contribution >= 4 is 44.8 Å². The number of likely N-dealkylation sites (N-methyl/N-ethyl adjacent to an activating group) is 1. The summed E-state index contributed by atoms with van der Waals surface area (Å²) in [5.74, 6) is -1.46. The molecule has 0 atom stereocenters. The molecule has 1 aliphatic rings. The van der Waals surface area contributed by atoms with Crippen molar-refractivity contribution in [3.05, 3.63) is 21.1 Å². The van der Waals surface area contributed by atoms with E-state index >= 15 is 0 Å². The van der Waals surface area contributed by atoms with Crippen LogP contribution in [0, 0.1) is 13.8 Å². The molecule has 0 saturated heterocycles. The van der Waals surface area contributed by atoms with Gasteiger partial charge in [-0.3, -0.25) is 20.2 Å². The van der Waals surface area contributed by atoms with Gasteiger partial charge in [-0.15, -0.1) is 22.7 Å². The maximum Gasteiger partial charge on any atom is 0.315 e. The van der Waals surface area contributed by atoms with E-state index in [1.54, 1.807) is 0 Å². The molecular weight excluding hydrogens is 334 g/mol. The fraction of sp³-hybridized carbons (Fsp3) is 0.429. The first kappa shape index (κ1) is 16.0.